The number of hydrazone groups is 1. The first-order valence-corrected chi connectivity index (χ1v) is 6.66. The molecule has 2 aromatic rings. The van der Waals surface area contributed by atoms with Crippen molar-refractivity contribution in [3.63, 3.8) is 0 Å². The highest BCUT2D eigenvalue weighted by molar-refractivity contribution is 6.30. The number of nitrogens with one attached hydrogen (secondary N) is 1. The normalized spacial score (nSPS) is 11.4. The molecule has 0 unspecified atom stereocenters. The summed E-state index contributed by atoms with van der Waals surface area (Å²) >= 11 is 5.85. The Bertz CT molecular complexity index is 630. The molecule has 104 valence electrons. The molecular weight excluding hydrogens is 276 g/mol. The topological polar surface area (TPSA) is 54.6 Å². The van der Waals surface area contributed by atoms with Crippen LogP contribution in [0.1, 0.15) is 35.0 Å². The van der Waals surface area contributed by atoms with Gasteiger partial charge < -0.3 is 4.42 Å². The Hall–Kier alpha value is -2.07. The van der Waals surface area contributed by atoms with Crippen molar-refractivity contribution < 1.29 is 9.21 Å². The maximum absolute atomic E-state index is 11.9. The molecule has 0 bridgehead atoms. The summed E-state index contributed by atoms with van der Waals surface area (Å²) in [5.74, 6) is 0.290. The molecule has 0 spiro atoms. The molecule has 20 heavy (non-hydrogen) atoms. The molecule has 0 saturated heterocycles. The number of carbonyl (C=O) groups excluding carboxylic acids is 1. The first kappa shape index (κ1) is 14.3. The second-order valence-corrected chi connectivity index (χ2v) is 4.69. The predicted molar refractivity (Wildman–Crippen MR) is 79.2 cm³/mol. The van der Waals surface area contributed by atoms with Crippen LogP contribution in [-0.2, 0) is 0 Å². The number of benzene rings is 1. The molecule has 1 aromatic heterocycles. The van der Waals surface area contributed by atoms with Crippen molar-refractivity contribution in [2.45, 2.75) is 20.3 Å². The van der Waals surface area contributed by atoms with E-state index >= 15 is 0 Å². The van der Waals surface area contributed by atoms with Gasteiger partial charge in [-0.25, -0.2) is 5.43 Å². The van der Waals surface area contributed by atoms with Crippen LogP contribution in [0, 0.1) is 6.92 Å². The van der Waals surface area contributed by atoms with Crippen molar-refractivity contribution >= 4 is 23.2 Å². The molecule has 0 aliphatic carbocycles. The quantitative estimate of drug-likeness (QED) is 0.688. The molecule has 1 aromatic carbocycles. The average Bonchev–Trinajstić information content (AvgIpc) is 2.87. The lowest BCUT2D eigenvalue weighted by molar-refractivity contribution is 0.0953. The van der Waals surface area contributed by atoms with Crippen molar-refractivity contribution in [1.82, 2.24) is 5.43 Å². The van der Waals surface area contributed by atoms with Crippen LogP contribution in [0.25, 0.3) is 0 Å². The lowest BCUT2D eigenvalue weighted by atomic mass is 10.1. The minimum absolute atomic E-state index is 0.281. The van der Waals surface area contributed by atoms with Gasteiger partial charge in [0.2, 0.25) is 0 Å². The van der Waals surface area contributed by atoms with Crippen LogP contribution in [0.3, 0.4) is 0 Å². The Kier molecular flexibility index (Phi) is 4.58. The molecule has 0 saturated carbocycles. The van der Waals surface area contributed by atoms with Crippen molar-refractivity contribution in [3.8, 4) is 0 Å². The number of rotatable bonds is 4. The number of hydrogen-bond donors (Lipinski definition) is 1. The predicted octanol–water partition coefficient (Wildman–Crippen LogP) is 3.79. The van der Waals surface area contributed by atoms with Crippen molar-refractivity contribution in [2.75, 3.05) is 0 Å². The summed E-state index contributed by atoms with van der Waals surface area (Å²) in [6.07, 6.45) is 2.18. The summed E-state index contributed by atoms with van der Waals surface area (Å²) in [7, 11) is 0. The molecular formula is C15H15ClN2O2. The van der Waals surface area contributed by atoms with Crippen LogP contribution >= 0.6 is 11.6 Å². The molecule has 2 rings (SSSR count). The van der Waals surface area contributed by atoms with Gasteiger partial charge in [0.15, 0.2) is 0 Å². The summed E-state index contributed by atoms with van der Waals surface area (Å²) < 4.78 is 5.09. The fraction of sp³-hybridized carbons (Fsp3) is 0.200. The molecule has 0 atom stereocenters. The largest absolute Gasteiger partial charge is 0.469 e. The SMILES string of the molecule is CC/C(=N/NC(=O)c1ccoc1C)c1ccc(Cl)cc1. The highest BCUT2D eigenvalue weighted by Gasteiger charge is 2.11. The number of aryl methyl sites for hydroxylation is 1. The van der Waals surface area contributed by atoms with Gasteiger partial charge in [-0.05, 0) is 37.1 Å². The summed E-state index contributed by atoms with van der Waals surface area (Å²) in [6.45, 7) is 3.71. The summed E-state index contributed by atoms with van der Waals surface area (Å²) in [5, 5.41) is 4.84. The van der Waals surface area contributed by atoms with E-state index in [-0.39, 0.29) is 5.91 Å². The van der Waals surface area contributed by atoms with E-state index in [4.69, 9.17) is 16.0 Å². The minimum Gasteiger partial charge on any atom is -0.469 e. The Morgan fingerprint density at radius 3 is 2.55 bits per heavy atom. The monoisotopic (exact) mass is 290 g/mol. The number of nitrogens with zero attached hydrogens (tertiary/aromatic N) is 1. The van der Waals surface area contributed by atoms with Crippen LogP contribution in [0.5, 0.6) is 0 Å². The van der Waals surface area contributed by atoms with Gasteiger partial charge in [0.25, 0.3) is 5.91 Å². The zero-order valence-electron chi connectivity index (χ0n) is 11.3. The third-order valence-electron chi connectivity index (χ3n) is 2.91. The van der Waals surface area contributed by atoms with E-state index < -0.39 is 0 Å². The van der Waals surface area contributed by atoms with Crippen LogP contribution < -0.4 is 5.43 Å². The van der Waals surface area contributed by atoms with E-state index in [2.05, 4.69) is 10.5 Å². The number of halogens is 1. The van der Waals surface area contributed by atoms with Gasteiger partial charge >= 0.3 is 0 Å². The fourth-order valence-corrected chi connectivity index (χ4v) is 1.92. The van der Waals surface area contributed by atoms with E-state index in [1.54, 1.807) is 25.1 Å². The van der Waals surface area contributed by atoms with Crippen LogP contribution in [0.4, 0.5) is 0 Å². The van der Waals surface area contributed by atoms with Crippen molar-refractivity contribution in [2.24, 2.45) is 5.10 Å². The second-order valence-electron chi connectivity index (χ2n) is 4.25. The molecule has 0 aliphatic rings. The van der Waals surface area contributed by atoms with Gasteiger partial charge in [0.05, 0.1) is 17.5 Å². The fourth-order valence-electron chi connectivity index (χ4n) is 1.79. The Labute approximate surface area is 122 Å². The van der Waals surface area contributed by atoms with Crippen LogP contribution in [0.2, 0.25) is 5.02 Å². The highest BCUT2D eigenvalue weighted by atomic mass is 35.5. The molecule has 4 nitrogen and oxygen atoms in total. The maximum atomic E-state index is 11.9. The number of carbonyl (C=O) groups is 1. The van der Waals surface area contributed by atoms with Crippen LogP contribution in [-0.4, -0.2) is 11.6 Å². The third-order valence-corrected chi connectivity index (χ3v) is 3.16. The first-order chi connectivity index (χ1) is 9.61. The standard InChI is InChI=1S/C15H15ClN2O2/c1-3-14(11-4-6-12(16)7-5-11)17-18-15(19)13-8-9-20-10(13)2/h4-9H,3H2,1-2H3,(H,18,19)/b17-14-. The van der Waals surface area contributed by atoms with E-state index in [9.17, 15) is 4.79 Å². The first-order valence-electron chi connectivity index (χ1n) is 6.28. The summed E-state index contributed by atoms with van der Waals surface area (Å²) in [6, 6.07) is 8.96. The third kappa shape index (κ3) is 3.27. The number of furan rings is 1. The molecule has 0 radical (unpaired) electrons. The van der Waals surface area contributed by atoms with E-state index in [0.29, 0.717) is 22.8 Å². The van der Waals surface area contributed by atoms with Gasteiger partial charge in [-0.3, -0.25) is 4.79 Å². The van der Waals surface area contributed by atoms with Gasteiger partial charge in [0, 0.05) is 5.02 Å². The van der Waals surface area contributed by atoms with Gasteiger partial charge in [0.1, 0.15) is 5.76 Å². The Balaban J connectivity index is 2.14. The lowest BCUT2D eigenvalue weighted by Gasteiger charge is -2.05. The average molecular weight is 291 g/mol. The molecule has 1 N–H and O–H groups in total. The number of hydrogen-bond acceptors (Lipinski definition) is 3. The summed E-state index contributed by atoms with van der Waals surface area (Å²) in [4.78, 5) is 11.9. The minimum atomic E-state index is -0.281. The second kappa shape index (κ2) is 6.39. The molecule has 1 amide bonds. The summed E-state index contributed by atoms with van der Waals surface area (Å²) in [5.41, 5.74) is 4.75. The van der Waals surface area contributed by atoms with Crippen molar-refractivity contribution in [1.29, 1.82) is 0 Å². The zero-order valence-corrected chi connectivity index (χ0v) is 12.1. The smallest absolute Gasteiger partial charge is 0.274 e. The van der Waals surface area contributed by atoms with Crippen molar-refractivity contribution in [3.05, 3.63) is 58.5 Å². The Morgan fingerprint density at radius 1 is 1.30 bits per heavy atom. The van der Waals surface area contributed by atoms with E-state index in [1.165, 1.54) is 6.26 Å². The van der Waals surface area contributed by atoms with Gasteiger partial charge in [-0.15, -0.1) is 0 Å². The lowest BCUT2D eigenvalue weighted by Crippen LogP contribution is -2.20. The molecule has 1 heterocycles. The van der Waals surface area contributed by atoms with Crippen LogP contribution in [0.15, 0.2) is 46.1 Å². The van der Waals surface area contributed by atoms with Gasteiger partial charge in [-0.2, -0.15) is 5.10 Å². The molecule has 5 heteroatoms. The number of amides is 1. The Morgan fingerprint density at radius 2 is 2.00 bits per heavy atom. The van der Waals surface area contributed by atoms with E-state index in [0.717, 1.165) is 11.3 Å². The van der Waals surface area contributed by atoms with E-state index in [1.807, 2.05) is 19.1 Å². The zero-order chi connectivity index (χ0) is 14.5. The van der Waals surface area contributed by atoms with Gasteiger partial charge in [-0.1, -0.05) is 30.7 Å². The highest BCUT2D eigenvalue weighted by Crippen LogP contribution is 2.12. The molecule has 0 fully saturated rings. The maximum Gasteiger partial charge on any atom is 0.274 e. The molecule has 0 aliphatic heterocycles.